The summed E-state index contributed by atoms with van der Waals surface area (Å²) in [6.07, 6.45) is 0.982. The number of aromatic nitrogens is 1. The summed E-state index contributed by atoms with van der Waals surface area (Å²) in [5, 5.41) is 0.501. The van der Waals surface area contributed by atoms with Gasteiger partial charge in [-0.2, -0.15) is 11.8 Å². The van der Waals surface area contributed by atoms with Crippen molar-refractivity contribution in [3.8, 4) is 0 Å². The highest BCUT2D eigenvalue weighted by Crippen LogP contribution is 2.31. The van der Waals surface area contributed by atoms with Crippen molar-refractivity contribution in [1.82, 2.24) is 9.88 Å². The normalized spacial score (nSPS) is 19.1. The lowest BCUT2D eigenvalue weighted by molar-refractivity contribution is 0.0764. The number of thioether (sulfide) groups is 1. The highest BCUT2D eigenvalue weighted by Gasteiger charge is 2.26. The lowest BCUT2D eigenvalue weighted by Crippen LogP contribution is -2.33. The summed E-state index contributed by atoms with van der Waals surface area (Å²) in [5.74, 6) is 0.926. The summed E-state index contributed by atoms with van der Waals surface area (Å²) < 4.78 is 0.225. The van der Waals surface area contributed by atoms with Gasteiger partial charge in [0.2, 0.25) is 0 Å². The van der Waals surface area contributed by atoms with Gasteiger partial charge < -0.3 is 4.90 Å². The first-order chi connectivity index (χ1) is 8.87. The Morgan fingerprint density at radius 2 is 1.95 bits per heavy atom. The molecule has 0 unspecified atom stereocenters. The van der Waals surface area contributed by atoms with Crippen LogP contribution in [-0.4, -0.2) is 39.4 Å². The van der Waals surface area contributed by atoms with Crippen molar-refractivity contribution in [1.29, 1.82) is 0 Å². The smallest absolute Gasteiger partial charge is 0.254 e. The molecule has 0 saturated carbocycles. The van der Waals surface area contributed by atoms with Crippen molar-refractivity contribution in [3.05, 3.63) is 28.0 Å². The molecule has 0 N–H and O–H groups in total. The minimum absolute atomic E-state index is 0.0236. The molecule has 104 valence electrons. The summed E-state index contributed by atoms with van der Waals surface area (Å²) in [7, 11) is 0. The molecule has 2 rings (SSSR count). The third-order valence-electron chi connectivity index (χ3n) is 3.13. The Hall–Kier alpha value is -0.450. The molecule has 1 aliphatic heterocycles. The van der Waals surface area contributed by atoms with Crippen LogP contribution < -0.4 is 0 Å². The maximum Gasteiger partial charge on any atom is 0.254 e. The maximum absolute atomic E-state index is 12.4. The van der Waals surface area contributed by atoms with Gasteiger partial charge in [-0.05, 0) is 18.6 Å². The second-order valence-electron chi connectivity index (χ2n) is 5.15. The zero-order chi connectivity index (χ0) is 14.0. The number of hydrogen-bond acceptors (Lipinski definition) is 3. The average Bonchev–Trinajstić information content (AvgIpc) is 2.48. The Balaban J connectivity index is 2.15. The Labute approximate surface area is 127 Å². The van der Waals surface area contributed by atoms with Gasteiger partial charge in [0.05, 0.1) is 0 Å². The maximum atomic E-state index is 12.4. The van der Waals surface area contributed by atoms with Crippen LogP contribution in [0.2, 0.25) is 10.3 Å². The van der Waals surface area contributed by atoms with E-state index in [1.54, 1.807) is 12.1 Å². The van der Waals surface area contributed by atoms with Crippen LogP contribution in [-0.2, 0) is 0 Å². The van der Waals surface area contributed by atoms with E-state index in [0.717, 1.165) is 25.3 Å². The molecule has 0 bridgehead atoms. The van der Waals surface area contributed by atoms with Crippen molar-refractivity contribution < 1.29 is 4.79 Å². The molecule has 0 aliphatic carbocycles. The topological polar surface area (TPSA) is 33.2 Å². The van der Waals surface area contributed by atoms with E-state index in [4.69, 9.17) is 23.2 Å². The van der Waals surface area contributed by atoms with Crippen LogP contribution in [0.4, 0.5) is 0 Å². The van der Waals surface area contributed by atoms with Crippen LogP contribution in [0.15, 0.2) is 12.1 Å². The monoisotopic (exact) mass is 318 g/mol. The molecule has 1 aromatic rings. The molecule has 0 aromatic carbocycles. The number of rotatable bonds is 1. The summed E-state index contributed by atoms with van der Waals surface area (Å²) in [5.41, 5.74) is 0.509. The largest absolute Gasteiger partial charge is 0.338 e. The molecule has 1 aliphatic rings. The molecule has 2 heterocycles. The third-order valence-corrected chi connectivity index (χ3v) is 4.89. The van der Waals surface area contributed by atoms with E-state index < -0.39 is 0 Å². The first-order valence-electron chi connectivity index (χ1n) is 6.14. The molecule has 1 fully saturated rings. The second-order valence-corrected chi connectivity index (χ2v) is 7.73. The number of carbonyl (C=O) groups is 1. The van der Waals surface area contributed by atoms with E-state index in [0.29, 0.717) is 5.56 Å². The van der Waals surface area contributed by atoms with Gasteiger partial charge in [-0.3, -0.25) is 4.79 Å². The molecule has 6 heteroatoms. The van der Waals surface area contributed by atoms with E-state index in [1.807, 2.05) is 16.7 Å². The highest BCUT2D eigenvalue weighted by atomic mass is 35.5. The van der Waals surface area contributed by atoms with Gasteiger partial charge in [0.1, 0.15) is 10.3 Å². The molecule has 0 spiro atoms. The summed E-state index contributed by atoms with van der Waals surface area (Å²) >= 11 is 13.6. The van der Waals surface area contributed by atoms with Gasteiger partial charge in [0, 0.05) is 29.2 Å². The van der Waals surface area contributed by atoms with Crippen molar-refractivity contribution >= 4 is 40.9 Å². The molecule has 1 saturated heterocycles. The molecule has 1 amide bonds. The Kier molecular flexibility index (Phi) is 4.64. The SMILES string of the molecule is CC1(C)CCN(C(=O)c2cc(Cl)nc(Cl)c2)CCS1. The van der Waals surface area contributed by atoms with E-state index >= 15 is 0 Å². The number of pyridine rings is 1. The molecule has 0 atom stereocenters. The lowest BCUT2D eigenvalue weighted by atomic mass is 10.1. The second kappa shape index (κ2) is 5.90. The molecule has 3 nitrogen and oxygen atoms in total. The fraction of sp³-hybridized carbons (Fsp3) is 0.538. The summed E-state index contributed by atoms with van der Waals surface area (Å²) in [4.78, 5) is 18.2. The minimum Gasteiger partial charge on any atom is -0.338 e. The average molecular weight is 319 g/mol. The summed E-state index contributed by atoms with van der Waals surface area (Å²) in [6, 6.07) is 3.14. The van der Waals surface area contributed by atoms with Crippen LogP contribution in [0.25, 0.3) is 0 Å². The standard InChI is InChI=1S/C13H16Cl2N2OS/c1-13(2)3-4-17(5-6-19-13)12(18)9-7-10(14)16-11(15)8-9/h7-8H,3-6H2,1-2H3. The van der Waals surface area contributed by atoms with Gasteiger partial charge in [-0.25, -0.2) is 4.98 Å². The lowest BCUT2D eigenvalue weighted by Gasteiger charge is -2.22. The zero-order valence-corrected chi connectivity index (χ0v) is 13.3. The number of nitrogens with zero attached hydrogens (tertiary/aromatic N) is 2. The van der Waals surface area contributed by atoms with Crippen LogP contribution in [0.1, 0.15) is 30.6 Å². The fourth-order valence-corrected chi connectivity index (χ4v) is 3.55. The molecule has 1 aromatic heterocycles. The van der Waals surface area contributed by atoms with Crippen LogP contribution >= 0.6 is 35.0 Å². The van der Waals surface area contributed by atoms with Crippen molar-refractivity contribution in [3.63, 3.8) is 0 Å². The molecular formula is C13H16Cl2N2OS. The molecule has 0 radical (unpaired) electrons. The number of carbonyl (C=O) groups excluding carboxylic acids is 1. The predicted molar refractivity (Wildman–Crippen MR) is 81.3 cm³/mol. The van der Waals surface area contributed by atoms with Crippen LogP contribution in [0.3, 0.4) is 0 Å². The van der Waals surface area contributed by atoms with E-state index in [9.17, 15) is 4.79 Å². The fourth-order valence-electron chi connectivity index (χ4n) is 1.99. The van der Waals surface area contributed by atoms with Gasteiger partial charge in [0.15, 0.2) is 0 Å². The first kappa shape index (κ1) is 14.9. The van der Waals surface area contributed by atoms with Gasteiger partial charge in [-0.15, -0.1) is 0 Å². The molecular weight excluding hydrogens is 303 g/mol. The number of halogens is 2. The quantitative estimate of drug-likeness (QED) is 0.739. The highest BCUT2D eigenvalue weighted by molar-refractivity contribution is 8.00. The number of amides is 1. The number of hydrogen-bond donors (Lipinski definition) is 0. The van der Waals surface area contributed by atoms with Crippen molar-refractivity contribution in [2.45, 2.75) is 25.0 Å². The van der Waals surface area contributed by atoms with Crippen molar-refractivity contribution in [2.75, 3.05) is 18.8 Å². The Bertz CT molecular complexity index is 473. The van der Waals surface area contributed by atoms with Crippen LogP contribution in [0, 0.1) is 0 Å². The Morgan fingerprint density at radius 1 is 1.32 bits per heavy atom. The van der Waals surface area contributed by atoms with E-state index in [1.165, 1.54) is 0 Å². The predicted octanol–water partition coefficient (Wildman–Crippen LogP) is 3.75. The van der Waals surface area contributed by atoms with Crippen LogP contribution in [0.5, 0.6) is 0 Å². The van der Waals surface area contributed by atoms with E-state index in [2.05, 4.69) is 18.8 Å². The Morgan fingerprint density at radius 3 is 2.58 bits per heavy atom. The van der Waals surface area contributed by atoms with E-state index in [-0.39, 0.29) is 21.0 Å². The third kappa shape index (κ3) is 4.01. The minimum atomic E-state index is -0.0236. The van der Waals surface area contributed by atoms with Gasteiger partial charge in [-0.1, -0.05) is 37.0 Å². The molecule has 19 heavy (non-hydrogen) atoms. The zero-order valence-electron chi connectivity index (χ0n) is 10.9. The van der Waals surface area contributed by atoms with Crippen molar-refractivity contribution in [2.24, 2.45) is 0 Å². The summed E-state index contributed by atoms with van der Waals surface area (Å²) in [6.45, 7) is 5.94. The van der Waals surface area contributed by atoms with Gasteiger partial charge in [0.25, 0.3) is 5.91 Å². The van der Waals surface area contributed by atoms with Gasteiger partial charge >= 0.3 is 0 Å². The first-order valence-corrected chi connectivity index (χ1v) is 7.88.